The molecule has 1 atom stereocenters. The average Bonchev–Trinajstić information content (AvgIpc) is 2.50. The smallest absolute Gasteiger partial charge is 0.0720 e. The lowest BCUT2D eigenvalue weighted by molar-refractivity contribution is 0.208. The fraction of sp³-hybridized carbons (Fsp3) is 0.471. The zero-order chi connectivity index (χ0) is 15.2. The van der Waals surface area contributed by atoms with Gasteiger partial charge in [-0.25, -0.2) is 0 Å². The van der Waals surface area contributed by atoms with Crippen LogP contribution in [0.4, 0.5) is 0 Å². The summed E-state index contributed by atoms with van der Waals surface area (Å²) in [5, 5.41) is 1.94. The number of thiol groups is 1. The Labute approximate surface area is 137 Å². The van der Waals surface area contributed by atoms with E-state index in [0.717, 1.165) is 42.2 Å². The van der Waals surface area contributed by atoms with Crippen LogP contribution in [0.1, 0.15) is 38.3 Å². The van der Waals surface area contributed by atoms with Crippen LogP contribution in [0.5, 0.6) is 0 Å². The Bertz CT molecular complexity index is 584. The molecule has 0 bridgehead atoms. The first-order valence-electron chi connectivity index (χ1n) is 7.60. The molecule has 0 N–H and O–H groups in total. The third-order valence-electron chi connectivity index (χ3n) is 3.99. The number of nitrogens with zero attached hydrogens (tertiary/aromatic N) is 2. The molecule has 1 unspecified atom stereocenters. The summed E-state index contributed by atoms with van der Waals surface area (Å²) in [6.07, 6.45) is 4.12. The summed E-state index contributed by atoms with van der Waals surface area (Å²) in [7, 11) is 0. The minimum atomic E-state index is 0.416. The normalized spacial score (nSPS) is 13.0. The van der Waals surface area contributed by atoms with Crippen LogP contribution in [-0.2, 0) is 0 Å². The molecule has 0 spiro atoms. The molecule has 1 heterocycles. The molecule has 0 saturated carbocycles. The highest BCUT2D eigenvalue weighted by atomic mass is 35.5. The SMILES string of the molecule is CCN(CC)C(CCCS)c1ccnc2cc(Cl)ccc12. The van der Waals surface area contributed by atoms with Crippen molar-refractivity contribution in [3.8, 4) is 0 Å². The van der Waals surface area contributed by atoms with Gasteiger partial charge in [-0.2, -0.15) is 12.6 Å². The van der Waals surface area contributed by atoms with Gasteiger partial charge >= 0.3 is 0 Å². The number of hydrogen-bond donors (Lipinski definition) is 1. The molecule has 0 amide bonds. The van der Waals surface area contributed by atoms with Crippen molar-refractivity contribution >= 4 is 35.1 Å². The van der Waals surface area contributed by atoms with Crippen molar-refractivity contribution in [3.63, 3.8) is 0 Å². The Hall–Kier alpha value is -0.770. The van der Waals surface area contributed by atoms with Crippen molar-refractivity contribution in [2.45, 2.75) is 32.7 Å². The first-order chi connectivity index (χ1) is 10.2. The molecule has 4 heteroatoms. The fourth-order valence-corrected chi connectivity index (χ4v) is 3.27. The Morgan fingerprint density at radius 2 is 2.00 bits per heavy atom. The van der Waals surface area contributed by atoms with E-state index in [2.05, 4.69) is 48.5 Å². The highest BCUT2D eigenvalue weighted by Gasteiger charge is 2.19. The predicted molar refractivity (Wildman–Crippen MR) is 95.5 cm³/mol. The lowest BCUT2D eigenvalue weighted by Gasteiger charge is -2.31. The molecule has 0 aliphatic heterocycles. The summed E-state index contributed by atoms with van der Waals surface area (Å²) in [6, 6.07) is 8.55. The molecule has 2 rings (SSSR count). The van der Waals surface area contributed by atoms with Gasteiger partial charge in [0.25, 0.3) is 0 Å². The summed E-state index contributed by atoms with van der Waals surface area (Å²) in [5.74, 6) is 0.923. The topological polar surface area (TPSA) is 16.1 Å². The van der Waals surface area contributed by atoms with Crippen LogP contribution in [0, 0.1) is 0 Å². The van der Waals surface area contributed by atoms with Gasteiger partial charge in [-0.1, -0.05) is 31.5 Å². The summed E-state index contributed by atoms with van der Waals surface area (Å²) >= 11 is 10.5. The second-order valence-electron chi connectivity index (χ2n) is 5.16. The molecule has 0 aliphatic rings. The second-order valence-corrected chi connectivity index (χ2v) is 6.05. The molecule has 2 aromatic rings. The third-order valence-corrected chi connectivity index (χ3v) is 4.54. The summed E-state index contributed by atoms with van der Waals surface area (Å²) in [5.41, 5.74) is 2.32. The Balaban J connectivity index is 2.47. The van der Waals surface area contributed by atoms with Gasteiger partial charge < -0.3 is 0 Å². The van der Waals surface area contributed by atoms with Crippen LogP contribution < -0.4 is 0 Å². The van der Waals surface area contributed by atoms with Crippen LogP contribution in [0.15, 0.2) is 30.5 Å². The minimum Gasteiger partial charge on any atom is -0.297 e. The summed E-state index contributed by atoms with van der Waals surface area (Å²) in [6.45, 7) is 6.53. The average molecular weight is 323 g/mol. The largest absolute Gasteiger partial charge is 0.297 e. The van der Waals surface area contributed by atoms with E-state index >= 15 is 0 Å². The Morgan fingerprint density at radius 1 is 1.24 bits per heavy atom. The minimum absolute atomic E-state index is 0.416. The van der Waals surface area contributed by atoms with Crippen molar-refractivity contribution < 1.29 is 0 Å². The van der Waals surface area contributed by atoms with E-state index in [9.17, 15) is 0 Å². The van der Waals surface area contributed by atoms with E-state index < -0.39 is 0 Å². The lowest BCUT2D eigenvalue weighted by atomic mass is 9.97. The van der Waals surface area contributed by atoms with Gasteiger partial charge in [0.15, 0.2) is 0 Å². The molecule has 1 aromatic carbocycles. The van der Waals surface area contributed by atoms with Gasteiger partial charge in [0.1, 0.15) is 0 Å². The predicted octanol–water partition coefficient (Wildman–Crippen LogP) is 4.98. The van der Waals surface area contributed by atoms with Crippen molar-refractivity contribution in [2.75, 3.05) is 18.8 Å². The van der Waals surface area contributed by atoms with E-state index in [4.69, 9.17) is 11.6 Å². The maximum Gasteiger partial charge on any atom is 0.0720 e. The fourth-order valence-electron chi connectivity index (χ4n) is 2.92. The summed E-state index contributed by atoms with van der Waals surface area (Å²) < 4.78 is 0. The number of fused-ring (bicyclic) bond motifs is 1. The van der Waals surface area contributed by atoms with Gasteiger partial charge in [0.2, 0.25) is 0 Å². The molecular formula is C17H23ClN2S. The first-order valence-corrected chi connectivity index (χ1v) is 8.61. The van der Waals surface area contributed by atoms with E-state index in [1.54, 1.807) is 0 Å². The number of benzene rings is 1. The van der Waals surface area contributed by atoms with Crippen LogP contribution in [0.2, 0.25) is 5.02 Å². The van der Waals surface area contributed by atoms with E-state index in [1.807, 2.05) is 18.3 Å². The van der Waals surface area contributed by atoms with Crippen LogP contribution in [-0.4, -0.2) is 28.7 Å². The molecule has 0 fully saturated rings. The van der Waals surface area contributed by atoms with Gasteiger partial charge in [0.05, 0.1) is 5.52 Å². The second kappa shape index (κ2) is 8.02. The summed E-state index contributed by atoms with van der Waals surface area (Å²) in [4.78, 5) is 6.97. The number of rotatable bonds is 7. The van der Waals surface area contributed by atoms with Crippen molar-refractivity contribution in [1.82, 2.24) is 9.88 Å². The molecule has 114 valence electrons. The number of halogens is 1. The highest BCUT2D eigenvalue weighted by molar-refractivity contribution is 7.80. The van der Waals surface area contributed by atoms with Crippen LogP contribution in [0.25, 0.3) is 10.9 Å². The Morgan fingerprint density at radius 3 is 2.67 bits per heavy atom. The third kappa shape index (κ3) is 3.91. The highest BCUT2D eigenvalue weighted by Crippen LogP contribution is 2.31. The van der Waals surface area contributed by atoms with Crippen molar-refractivity contribution in [2.24, 2.45) is 0 Å². The quantitative estimate of drug-likeness (QED) is 0.723. The van der Waals surface area contributed by atoms with Crippen molar-refractivity contribution in [3.05, 3.63) is 41.0 Å². The van der Waals surface area contributed by atoms with Crippen LogP contribution in [0.3, 0.4) is 0 Å². The van der Waals surface area contributed by atoms with Gasteiger partial charge in [-0.05, 0) is 55.4 Å². The van der Waals surface area contributed by atoms with E-state index in [0.29, 0.717) is 6.04 Å². The number of pyridine rings is 1. The van der Waals surface area contributed by atoms with Crippen molar-refractivity contribution in [1.29, 1.82) is 0 Å². The maximum absolute atomic E-state index is 6.09. The van der Waals surface area contributed by atoms with Gasteiger partial charge in [-0.15, -0.1) is 0 Å². The standard InChI is InChI=1S/C17H23ClN2S/c1-3-20(4-2)17(6-5-11-21)15-9-10-19-16-12-13(18)7-8-14(15)16/h7-10,12,17,21H,3-6,11H2,1-2H3. The molecule has 21 heavy (non-hydrogen) atoms. The van der Waals surface area contributed by atoms with Gasteiger partial charge in [-0.3, -0.25) is 9.88 Å². The van der Waals surface area contributed by atoms with E-state index in [1.165, 1.54) is 10.9 Å². The number of hydrogen-bond acceptors (Lipinski definition) is 3. The van der Waals surface area contributed by atoms with Crippen LogP contribution >= 0.6 is 24.2 Å². The van der Waals surface area contributed by atoms with Gasteiger partial charge in [0, 0.05) is 22.6 Å². The molecule has 0 aliphatic carbocycles. The molecule has 0 radical (unpaired) electrons. The monoisotopic (exact) mass is 322 g/mol. The zero-order valence-corrected chi connectivity index (χ0v) is 14.4. The molecular weight excluding hydrogens is 300 g/mol. The lowest BCUT2D eigenvalue weighted by Crippen LogP contribution is -2.28. The zero-order valence-electron chi connectivity index (χ0n) is 12.7. The molecule has 1 aromatic heterocycles. The van der Waals surface area contributed by atoms with E-state index in [-0.39, 0.29) is 0 Å². The Kier molecular flexibility index (Phi) is 6.34. The molecule has 2 nitrogen and oxygen atoms in total. The maximum atomic E-state index is 6.09. The first kappa shape index (κ1) is 16.6. The molecule has 0 saturated heterocycles. The number of aromatic nitrogens is 1.